The molecule has 7 nitrogen and oxygen atoms in total. The molecule has 3 aliphatic rings. The fourth-order valence-electron chi connectivity index (χ4n) is 3.77. The van der Waals surface area contributed by atoms with Gasteiger partial charge < -0.3 is 10.2 Å². The molecule has 0 saturated carbocycles. The summed E-state index contributed by atoms with van der Waals surface area (Å²) in [5.74, 6) is 3.29. The van der Waals surface area contributed by atoms with E-state index in [-0.39, 0.29) is 0 Å². The van der Waals surface area contributed by atoms with E-state index < -0.39 is 0 Å². The third-order valence-electron chi connectivity index (χ3n) is 5.34. The minimum Gasteiger partial charge on any atom is -0.358 e. The van der Waals surface area contributed by atoms with Gasteiger partial charge in [-0.3, -0.25) is 9.83 Å². The summed E-state index contributed by atoms with van der Waals surface area (Å²) in [7, 11) is 1.66. The highest BCUT2D eigenvalue weighted by molar-refractivity contribution is 5.95. The van der Waals surface area contributed by atoms with Crippen molar-refractivity contribution in [1.29, 1.82) is 0 Å². The number of aliphatic imine (C=N–C) groups is 1. The lowest BCUT2D eigenvalue weighted by atomic mass is 10.1. The zero-order valence-electron chi connectivity index (χ0n) is 16.2. The number of nitrogens with one attached hydrogen (secondary N) is 2. The van der Waals surface area contributed by atoms with E-state index in [0.29, 0.717) is 6.54 Å². The normalized spacial score (nSPS) is 21.3. The van der Waals surface area contributed by atoms with Crippen LogP contribution in [0.3, 0.4) is 0 Å². The number of piperidine rings is 1. The number of hydrogen-bond donors (Lipinski definition) is 2. The summed E-state index contributed by atoms with van der Waals surface area (Å²) in [4.78, 5) is 12.6. The van der Waals surface area contributed by atoms with Crippen LogP contribution in [0.25, 0.3) is 0 Å². The van der Waals surface area contributed by atoms with Crippen molar-refractivity contribution in [3.8, 4) is 0 Å². The van der Waals surface area contributed by atoms with Crippen LogP contribution in [0.15, 0.2) is 52.8 Å². The quantitative estimate of drug-likeness (QED) is 0.767. The lowest BCUT2D eigenvalue weighted by molar-refractivity contribution is -0.885. The molecule has 3 aliphatic heterocycles. The van der Waals surface area contributed by atoms with Crippen LogP contribution in [0.5, 0.6) is 0 Å². The number of likely N-dealkylation sites (tertiary alicyclic amines) is 1. The van der Waals surface area contributed by atoms with Gasteiger partial charge in [-0.1, -0.05) is 6.92 Å². The van der Waals surface area contributed by atoms with Gasteiger partial charge in [0.2, 0.25) is 12.4 Å². The van der Waals surface area contributed by atoms with Gasteiger partial charge in [0.05, 0.1) is 6.54 Å². The molecule has 0 amide bonds. The molecule has 1 aromatic rings. The number of hydrazine groups is 1. The van der Waals surface area contributed by atoms with Gasteiger partial charge in [0.1, 0.15) is 24.6 Å². The number of fused-ring (bicyclic) bond motifs is 1. The van der Waals surface area contributed by atoms with E-state index >= 15 is 0 Å². The van der Waals surface area contributed by atoms with Gasteiger partial charge in [0.15, 0.2) is 0 Å². The summed E-state index contributed by atoms with van der Waals surface area (Å²) in [5.41, 5.74) is 5.97. The van der Waals surface area contributed by atoms with Crippen LogP contribution in [-0.4, -0.2) is 42.5 Å². The summed E-state index contributed by atoms with van der Waals surface area (Å²) >= 11 is 0. The molecule has 0 atom stereocenters. The molecule has 4 rings (SSSR count). The molecule has 27 heavy (non-hydrogen) atoms. The zero-order valence-corrected chi connectivity index (χ0v) is 16.2. The van der Waals surface area contributed by atoms with Gasteiger partial charge in [-0.15, -0.1) is 0 Å². The van der Waals surface area contributed by atoms with Crippen molar-refractivity contribution >= 4 is 5.84 Å². The molecule has 1 fully saturated rings. The Morgan fingerprint density at radius 2 is 2.11 bits per heavy atom. The minimum atomic E-state index is 0.607. The van der Waals surface area contributed by atoms with Gasteiger partial charge in [-0.25, -0.2) is 10.4 Å². The first-order valence-electron chi connectivity index (χ1n) is 9.87. The second-order valence-corrected chi connectivity index (χ2v) is 7.11. The maximum atomic E-state index is 5.25. The highest BCUT2D eigenvalue weighted by Crippen LogP contribution is 2.24. The number of aromatic nitrogens is 1. The summed E-state index contributed by atoms with van der Waals surface area (Å²) < 4.78 is 1.70. The lowest BCUT2D eigenvalue weighted by Crippen LogP contribution is -2.48. The predicted octanol–water partition coefficient (Wildman–Crippen LogP) is 1.30. The van der Waals surface area contributed by atoms with Gasteiger partial charge in [0.25, 0.3) is 0 Å². The van der Waals surface area contributed by atoms with Crippen molar-refractivity contribution in [2.24, 2.45) is 4.99 Å². The Morgan fingerprint density at radius 3 is 2.89 bits per heavy atom. The molecule has 1 aromatic heterocycles. The van der Waals surface area contributed by atoms with Crippen LogP contribution in [0, 0.1) is 0 Å². The van der Waals surface area contributed by atoms with Gasteiger partial charge in [0, 0.05) is 42.1 Å². The number of hydrogen-bond acceptors (Lipinski definition) is 5. The van der Waals surface area contributed by atoms with Crippen LogP contribution in [0.2, 0.25) is 0 Å². The third-order valence-corrected chi connectivity index (χ3v) is 5.34. The molecular weight excluding hydrogens is 340 g/mol. The number of nitrogens with zero attached hydrogens (tertiary/aromatic N) is 4. The highest BCUT2D eigenvalue weighted by atomic mass is 16.6. The van der Waals surface area contributed by atoms with E-state index in [4.69, 9.17) is 9.83 Å². The average molecular weight is 369 g/mol. The van der Waals surface area contributed by atoms with Crippen molar-refractivity contribution in [3.63, 3.8) is 0 Å². The Hall–Kier alpha value is -2.54. The maximum Gasteiger partial charge on any atom is 0.227 e. The van der Waals surface area contributed by atoms with Crippen molar-refractivity contribution < 1.29 is 9.57 Å². The number of amidine groups is 1. The van der Waals surface area contributed by atoms with Crippen molar-refractivity contribution in [2.45, 2.75) is 39.2 Å². The van der Waals surface area contributed by atoms with Crippen molar-refractivity contribution in [2.75, 3.05) is 26.7 Å². The zero-order chi connectivity index (χ0) is 18.6. The molecule has 0 spiro atoms. The average Bonchev–Trinajstić information content (AvgIpc) is 3.16. The second kappa shape index (κ2) is 8.00. The molecule has 144 valence electrons. The molecule has 1 saturated heterocycles. The summed E-state index contributed by atoms with van der Waals surface area (Å²) in [6.45, 7) is 5.91. The van der Waals surface area contributed by atoms with Crippen LogP contribution < -0.4 is 20.3 Å². The summed E-state index contributed by atoms with van der Waals surface area (Å²) in [5, 5.41) is 5.75. The first-order chi connectivity index (χ1) is 13.3. The van der Waals surface area contributed by atoms with E-state index in [1.54, 1.807) is 11.8 Å². The fraction of sp³-hybridized carbons (Fsp3) is 0.500. The molecule has 0 aromatic carbocycles. The molecule has 0 unspecified atom stereocenters. The largest absolute Gasteiger partial charge is 0.358 e. The standard InChI is InChI=1S/C20H29N6O/c1-3-17-14-22-26-18(21-13-16-8-7-11-25(15-16)27-2)12-19(23-20(17)26)24-9-5-4-6-10-24/h7-8,11-12,15,22-23H,3-6,9-10,13-14H2,1-2H3/q+1. The molecule has 4 heterocycles. The molecule has 2 N–H and O–H groups in total. The maximum absolute atomic E-state index is 5.25. The summed E-state index contributed by atoms with van der Waals surface area (Å²) in [6.07, 6.45) is 10.9. The van der Waals surface area contributed by atoms with E-state index in [2.05, 4.69) is 39.7 Å². The van der Waals surface area contributed by atoms with Crippen LogP contribution in [-0.2, 0) is 6.54 Å². The Labute approximate surface area is 160 Å². The fourth-order valence-corrected chi connectivity index (χ4v) is 3.77. The second-order valence-electron chi connectivity index (χ2n) is 7.11. The first-order valence-corrected chi connectivity index (χ1v) is 9.87. The minimum absolute atomic E-state index is 0.607. The Balaban J connectivity index is 1.62. The molecular formula is C20H29N6O+. The summed E-state index contributed by atoms with van der Waals surface area (Å²) in [6, 6.07) is 4.05. The molecule has 0 radical (unpaired) electrons. The van der Waals surface area contributed by atoms with E-state index in [1.165, 1.54) is 30.7 Å². The predicted molar refractivity (Wildman–Crippen MR) is 104 cm³/mol. The topological polar surface area (TPSA) is 56.0 Å². The third kappa shape index (κ3) is 3.78. The van der Waals surface area contributed by atoms with E-state index in [1.807, 2.05) is 18.5 Å². The SMILES string of the molecule is CCC1=C2NC(N3CCCCC3)=CC(=NCc3ccc[n+](OC)c3)N2NC1. The van der Waals surface area contributed by atoms with Crippen molar-refractivity contribution in [3.05, 3.63) is 53.4 Å². The Kier molecular flexibility index (Phi) is 5.29. The number of pyridine rings is 1. The molecule has 0 bridgehead atoms. The van der Waals surface area contributed by atoms with Crippen LogP contribution in [0.4, 0.5) is 0 Å². The number of rotatable bonds is 5. The smallest absolute Gasteiger partial charge is 0.227 e. The Morgan fingerprint density at radius 1 is 1.26 bits per heavy atom. The van der Waals surface area contributed by atoms with E-state index in [9.17, 15) is 0 Å². The monoisotopic (exact) mass is 369 g/mol. The Bertz CT molecular complexity index is 778. The highest BCUT2D eigenvalue weighted by Gasteiger charge is 2.30. The molecule has 7 heteroatoms. The van der Waals surface area contributed by atoms with Gasteiger partial charge >= 0.3 is 0 Å². The van der Waals surface area contributed by atoms with E-state index in [0.717, 1.165) is 43.3 Å². The lowest BCUT2D eigenvalue weighted by Gasteiger charge is -2.37. The van der Waals surface area contributed by atoms with Crippen LogP contribution >= 0.6 is 0 Å². The van der Waals surface area contributed by atoms with Crippen molar-refractivity contribution in [1.82, 2.24) is 20.7 Å². The van der Waals surface area contributed by atoms with Crippen LogP contribution in [0.1, 0.15) is 38.2 Å². The molecule has 0 aliphatic carbocycles. The van der Waals surface area contributed by atoms with Gasteiger partial charge in [-0.05, 0) is 37.3 Å². The first kappa shape index (κ1) is 17.9. The van der Waals surface area contributed by atoms with Gasteiger partial charge in [-0.2, -0.15) is 0 Å².